The number of aryl methyl sites for hydroxylation is 1. The maximum atomic E-state index is 8.75. The summed E-state index contributed by atoms with van der Waals surface area (Å²) < 4.78 is 0. The van der Waals surface area contributed by atoms with E-state index < -0.39 is 0 Å². The lowest BCUT2D eigenvalue weighted by molar-refractivity contribution is 0.907. The maximum absolute atomic E-state index is 8.75. The third kappa shape index (κ3) is 2.83. The minimum Gasteiger partial charge on any atom is -0.325 e. The Labute approximate surface area is 107 Å². The summed E-state index contributed by atoms with van der Waals surface area (Å²) >= 11 is 0. The molecule has 0 aliphatic rings. The molecule has 2 rings (SSSR count). The number of rotatable bonds is 4. The minimum absolute atomic E-state index is 0.456. The van der Waals surface area contributed by atoms with Gasteiger partial charge in [0.05, 0.1) is 12.5 Å². The van der Waals surface area contributed by atoms with E-state index in [-0.39, 0.29) is 0 Å². The van der Waals surface area contributed by atoms with Crippen LogP contribution in [0, 0.1) is 18.3 Å². The molecular weight excluding hydrogens is 224 g/mol. The predicted octanol–water partition coefficient (Wildman–Crippen LogP) is 2.84. The van der Waals surface area contributed by atoms with Gasteiger partial charge in [-0.15, -0.1) is 0 Å². The molecular formula is C14H14N4. The second-order valence-electron chi connectivity index (χ2n) is 3.86. The van der Waals surface area contributed by atoms with Gasteiger partial charge in [0.2, 0.25) is 0 Å². The smallest absolute Gasteiger partial charge is 0.136 e. The first-order valence-electron chi connectivity index (χ1n) is 5.80. The Morgan fingerprint density at radius 2 is 2.00 bits per heavy atom. The third-order valence-electron chi connectivity index (χ3n) is 2.55. The Morgan fingerprint density at radius 1 is 1.22 bits per heavy atom. The van der Waals surface area contributed by atoms with Crippen molar-refractivity contribution in [3.8, 4) is 6.07 Å². The third-order valence-corrected chi connectivity index (χ3v) is 2.55. The first-order chi connectivity index (χ1) is 8.81. The topological polar surface area (TPSA) is 52.8 Å². The quantitative estimate of drug-likeness (QED) is 0.821. The zero-order valence-corrected chi connectivity index (χ0v) is 10.2. The molecule has 4 heteroatoms. The van der Waals surface area contributed by atoms with Crippen molar-refractivity contribution in [3.63, 3.8) is 0 Å². The van der Waals surface area contributed by atoms with Crippen LogP contribution in [0.5, 0.6) is 0 Å². The van der Waals surface area contributed by atoms with Gasteiger partial charge in [-0.3, -0.25) is 0 Å². The van der Waals surface area contributed by atoms with Gasteiger partial charge in [0.25, 0.3) is 0 Å². The number of hydrogen-bond acceptors (Lipinski definition) is 4. The number of benzene rings is 1. The van der Waals surface area contributed by atoms with Crippen LogP contribution in [0.3, 0.4) is 0 Å². The van der Waals surface area contributed by atoms with Crippen molar-refractivity contribution >= 4 is 11.5 Å². The normalized spacial score (nSPS) is 9.78. The van der Waals surface area contributed by atoms with Crippen molar-refractivity contribution in [1.82, 2.24) is 9.97 Å². The first-order valence-corrected chi connectivity index (χ1v) is 5.80. The van der Waals surface area contributed by atoms with Crippen LogP contribution in [-0.4, -0.2) is 16.5 Å². The molecule has 0 saturated heterocycles. The molecule has 0 spiro atoms. The molecule has 1 aromatic carbocycles. The van der Waals surface area contributed by atoms with Gasteiger partial charge in [0.15, 0.2) is 0 Å². The van der Waals surface area contributed by atoms with Crippen molar-refractivity contribution in [1.29, 1.82) is 5.26 Å². The van der Waals surface area contributed by atoms with E-state index in [9.17, 15) is 0 Å². The van der Waals surface area contributed by atoms with Gasteiger partial charge < -0.3 is 4.90 Å². The fourth-order valence-corrected chi connectivity index (χ4v) is 1.74. The highest BCUT2D eigenvalue weighted by atomic mass is 15.2. The van der Waals surface area contributed by atoms with E-state index in [4.69, 9.17) is 5.26 Å². The van der Waals surface area contributed by atoms with Crippen LogP contribution in [0.1, 0.15) is 12.2 Å². The molecule has 0 radical (unpaired) electrons. The summed E-state index contributed by atoms with van der Waals surface area (Å²) in [5, 5.41) is 8.75. The summed E-state index contributed by atoms with van der Waals surface area (Å²) in [6, 6.07) is 14.0. The highest BCUT2D eigenvalue weighted by Gasteiger charge is 2.10. The predicted molar refractivity (Wildman–Crippen MR) is 70.4 cm³/mol. The summed E-state index contributed by atoms with van der Waals surface area (Å²) in [4.78, 5) is 10.5. The van der Waals surface area contributed by atoms with E-state index in [2.05, 4.69) is 16.0 Å². The highest BCUT2D eigenvalue weighted by molar-refractivity contribution is 5.59. The molecule has 2 aromatic rings. The number of anilines is 2. The molecule has 0 unspecified atom stereocenters. The summed E-state index contributed by atoms with van der Waals surface area (Å²) in [6.45, 7) is 2.48. The standard InChI is InChI=1S/C14H14N4/c1-12-16-10-8-14(17-12)18(11-5-9-15)13-6-3-2-4-7-13/h2-4,6-8,10H,5,11H2,1H3. The lowest BCUT2D eigenvalue weighted by Crippen LogP contribution is -2.19. The van der Waals surface area contributed by atoms with Crippen LogP contribution in [0.25, 0.3) is 0 Å². The van der Waals surface area contributed by atoms with Crippen molar-refractivity contribution in [2.75, 3.05) is 11.4 Å². The highest BCUT2D eigenvalue weighted by Crippen LogP contribution is 2.22. The molecule has 90 valence electrons. The minimum atomic E-state index is 0.456. The fourth-order valence-electron chi connectivity index (χ4n) is 1.74. The van der Waals surface area contributed by atoms with E-state index in [1.807, 2.05) is 48.2 Å². The second kappa shape index (κ2) is 5.78. The Kier molecular flexibility index (Phi) is 3.87. The van der Waals surface area contributed by atoms with E-state index >= 15 is 0 Å². The number of nitriles is 1. The molecule has 0 amide bonds. The second-order valence-corrected chi connectivity index (χ2v) is 3.86. The molecule has 0 aliphatic heterocycles. The number of aromatic nitrogens is 2. The average Bonchev–Trinajstić information content (AvgIpc) is 2.40. The zero-order chi connectivity index (χ0) is 12.8. The molecule has 0 saturated carbocycles. The van der Waals surface area contributed by atoms with Gasteiger partial charge in [0.1, 0.15) is 11.6 Å². The van der Waals surface area contributed by atoms with Gasteiger partial charge in [-0.1, -0.05) is 18.2 Å². The number of para-hydroxylation sites is 1. The van der Waals surface area contributed by atoms with Crippen molar-refractivity contribution < 1.29 is 0 Å². The largest absolute Gasteiger partial charge is 0.325 e. The molecule has 0 atom stereocenters. The van der Waals surface area contributed by atoms with E-state index in [0.29, 0.717) is 13.0 Å². The van der Waals surface area contributed by atoms with Crippen LogP contribution in [0.4, 0.5) is 11.5 Å². The molecule has 0 fully saturated rings. The van der Waals surface area contributed by atoms with Gasteiger partial charge >= 0.3 is 0 Å². The van der Waals surface area contributed by atoms with E-state index in [1.165, 1.54) is 0 Å². The van der Waals surface area contributed by atoms with Gasteiger partial charge in [-0.05, 0) is 25.1 Å². The van der Waals surface area contributed by atoms with Gasteiger partial charge in [-0.2, -0.15) is 5.26 Å². The monoisotopic (exact) mass is 238 g/mol. The van der Waals surface area contributed by atoms with Crippen molar-refractivity contribution in [3.05, 3.63) is 48.4 Å². The Balaban J connectivity index is 2.34. The Morgan fingerprint density at radius 3 is 2.67 bits per heavy atom. The lowest BCUT2D eigenvalue weighted by Gasteiger charge is -2.22. The van der Waals surface area contributed by atoms with Gasteiger partial charge in [-0.25, -0.2) is 9.97 Å². The molecule has 18 heavy (non-hydrogen) atoms. The summed E-state index contributed by atoms with van der Waals surface area (Å²) in [5.74, 6) is 1.55. The Bertz CT molecular complexity index is 545. The van der Waals surface area contributed by atoms with E-state index in [0.717, 1.165) is 17.3 Å². The SMILES string of the molecule is Cc1nccc(N(CCC#N)c2ccccc2)n1. The van der Waals surface area contributed by atoms with Crippen molar-refractivity contribution in [2.45, 2.75) is 13.3 Å². The summed E-state index contributed by atoms with van der Waals surface area (Å²) in [6.07, 6.45) is 2.19. The van der Waals surface area contributed by atoms with Crippen LogP contribution in [0.2, 0.25) is 0 Å². The van der Waals surface area contributed by atoms with Crippen LogP contribution < -0.4 is 4.90 Å². The zero-order valence-electron chi connectivity index (χ0n) is 10.2. The van der Waals surface area contributed by atoms with E-state index in [1.54, 1.807) is 6.20 Å². The van der Waals surface area contributed by atoms with Crippen LogP contribution >= 0.6 is 0 Å². The summed E-state index contributed by atoms with van der Waals surface area (Å²) in [5.41, 5.74) is 1.03. The average molecular weight is 238 g/mol. The molecule has 1 aromatic heterocycles. The first kappa shape index (κ1) is 12.1. The molecule has 1 heterocycles. The maximum Gasteiger partial charge on any atom is 0.136 e. The van der Waals surface area contributed by atoms with Crippen LogP contribution in [-0.2, 0) is 0 Å². The summed E-state index contributed by atoms with van der Waals surface area (Å²) in [7, 11) is 0. The van der Waals surface area contributed by atoms with Gasteiger partial charge in [0, 0.05) is 18.4 Å². The number of nitrogens with zero attached hydrogens (tertiary/aromatic N) is 4. The fraction of sp³-hybridized carbons (Fsp3) is 0.214. The molecule has 4 nitrogen and oxygen atoms in total. The number of hydrogen-bond donors (Lipinski definition) is 0. The van der Waals surface area contributed by atoms with Crippen molar-refractivity contribution in [2.24, 2.45) is 0 Å². The molecule has 0 aliphatic carbocycles. The molecule has 0 bridgehead atoms. The van der Waals surface area contributed by atoms with Crippen LogP contribution in [0.15, 0.2) is 42.6 Å². The lowest BCUT2D eigenvalue weighted by atomic mass is 10.2. The Hall–Kier alpha value is -2.41. The molecule has 0 N–H and O–H groups in total.